The van der Waals surface area contributed by atoms with Crippen molar-refractivity contribution >= 4 is 28.3 Å². The van der Waals surface area contributed by atoms with Gasteiger partial charge in [-0.25, -0.2) is 9.97 Å². The van der Waals surface area contributed by atoms with Gasteiger partial charge in [0.2, 0.25) is 0 Å². The van der Waals surface area contributed by atoms with Crippen molar-refractivity contribution in [1.29, 1.82) is 0 Å². The van der Waals surface area contributed by atoms with Crippen LogP contribution >= 0.6 is 11.3 Å². The Bertz CT molecular complexity index is 1200. The Kier molecular flexibility index (Phi) is 5.56. The van der Waals surface area contributed by atoms with Gasteiger partial charge in [0.1, 0.15) is 5.52 Å². The monoisotopic (exact) mass is 452 g/mol. The molecule has 2 unspecified atom stereocenters. The maximum absolute atomic E-state index is 12.5. The second-order valence-electron chi connectivity index (χ2n) is 8.11. The zero-order valence-electron chi connectivity index (χ0n) is 17.9. The first-order valence-corrected chi connectivity index (χ1v) is 11.6. The fourth-order valence-electron chi connectivity index (χ4n) is 4.17. The molecule has 0 radical (unpaired) electrons. The summed E-state index contributed by atoms with van der Waals surface area (Å²) < 4.78 is 8.22. The summed E-state index contributed by atoms with van der Waals surface area (Å²) in [7, 11) is 0. The summed E-state index contributed by atoms with van der Waals surface area (Å²) in [4.78, 5) is 27.3. The molecule has 4 aromatic rings. The van der Waals surface area contributed by atoms with Gasteiger partial charge < -0.3 is 10.1 Å². The van der Waals surface area contributed by atoms with Gasteiger partial charge in [-0.2, -0.15) is 15.2 Å². The molecule has 0 saturated heterocycles. The molecule has 1 N–H and O–H groups in total. The predicted molar refractivity (Wildman–Crippen MR) is 119 cm³/mol. The van der Waals surface area contributed by atoms with E-state index < -0.39 is 0 Å². The number of thiazole rings is 1. The summed E-state index contributed by atoms with van der Waals surface area (Å²) >= 11 is 1.35. The maximum atomic E-state index is 12.5. The summed E-state index contributed by atoms with van der Waals surface area (Å²) in [6.07, 6.45) is 10.3. The molecule has 2 atom stereocenters. The number of hydrogen-bond donors (Lipinski definition) is 1. The van der Waals surface area contributed by atoms with E-state index in [0.717, 1.165) is 36.7 Å². The van der Waals surface area contributed by atoms with Crippen LogP contribution in [0.15, 0.2) is 36.2 Å². The van der Waals surface area contributed by atoms with Crippen molar-refractivity contribution in [3.05, 3.63) is 41.2 Å². The van der Waals surface area contributed by atoms with Gasteiger partial charge in [0, 0.05) is 29.7 Å². The summed E-state index contributed by atoms with van der Waals surface area (Å²) in [5.74, 6) is 0.500. The van der Waals surface area contributed by atoms with Crippen LogP contribution in [0.25, 0.3) is 16.9 Å². The van der Waals surface area contributed by atoms with Crippen molar-refractivity contribution in [3.8, 4) is 11.8 Å². The number of rotatable bonds is 6. The average Bonchev–Trinajstić information content (AvgIpc) is 3.53. The lowest BCUT2D eigenvalue weighted by molar-refractivity contribution is 0.0919. The molecule has 1 fully saturated rings. The normalized spacial score (nSPS) is 18.8. The first-order valence-electron chi connectivity index (χ1n) is 10.7. The molecule has 1 aliphatic carbocycles. The predicted octanol–water partition coefficient (Wildman–Crippen LogP) is 3.17. The Morgan fingerprint density at radius 2 is 2.06 bits per heavy atom. The highest BCUT2D eigenvalue weighted by Gasteiger charge is 2.29. The highest BCUT2D eigenvalue weighted by molar-refractivity contribution is 7.11. The van der Waals surface area contributed by atoms with Gasteiger partial charge in [0.15, 0.2) is 10.8 Å². The molecular formula is C21H24N8O2S. The molecule has 32 heavy (non-hydrogen) atoms. The molecule has 1 aliphatic rings. The van der Waals surface area contributed by atoms with Gasteiger partial charge in [-0.1, -0.05) is 0 Å². The lowest BCUT2D eigenvalue weighted by Crippen LogP contribution is -2.39. The molecule has 166 valence electrons. The number of carbonyl (C=O) groups excluding carboxylic acids is 1. The number of amides is 1. The zero-order chi connectivity index (χ0) is 22.1. The lowest BCUT2D eigenvalue weighted by atomic mass is 9.90. The first kappa shape index (κ1) is 20.6. The van der Waals surface area contributed by atoms with Crippen molar-refractivity contribution in [2.24, 2.45) is 0 Å². The number of nitrogens with one attached hydrogen (secondary N) is 1. The minimum atomic E-state index is -0.115. The van der Waals surface area contributed by atoms with E-state index >= 15 is 0 Å². The van der Waals surface area contributed by atoms with Crippen LogP contribution < -0.4 is 10.1 Å². The maximum Gasteiger partial charge on any atom is 0.297 e. The number of hydrogen-bond acceptors (Lipinski definition) is 8. The number of carbonyl (C=O) groups is 1. The molecule has 10 nitrogen and oxygen atoms in total. The third-order valence-corrected chi connectivity index (χ3v) is 6.24. The number of aromatic nitrogens is 7. The Morgan fingerprint density at radius 3 is 2.81 bits per heavy atom. The van der Waals surface area contributed by atoms with Gasteiger partial charge in [-0.3, -0.25) is 9.36 Å². The Labute approximate surface area is 188 Å². The van der Waals surface area contributed by atoms with Crippen LogP contribution in [-0.4, -0.2) is 52.6 Å². The SMILES string of the molecule is CC(C)Oc1nc2cnc(-n3nccn3)cc2n1C1CCCC(NC(=O)c2nccs2)C1. The molecule has 11 heteroatoms. The van der Waals surface area contributed by atoms with Crippen LogP contribution in [0.3, 0.4) is 0 Å². The van der Waals surface area contributed by atoms with E-state index in [0.29, 0.717) is 16.8 Å². The van der Waals surface area contributed by atoms with Crippen LogP contribution in [0.1, 0.15) is 55.4 Å². The Hall–Kier alpha value is -3.34. The average molecular weight is 453 g/mol. The Morgan fingerprint density at radius 1 is 1.22 bits per heavy atom. The van der Waals surface area contributed by atoms with Crippen molar-refractivity contribution in [1.82, 2.24) is 39.8 Å². The van der Waals surface area contributed by atoms with E-state index in [9.17, 15) is 4.79 Å². The molecule has 0 aromatic carbocycles. The van der Waals surface area contributed by atoms with E-state index in [1.165, 1.54) is 16.1 Å². The van der Waals surface area contributed by atoms with Gasteiger partial charge in [0.05, 0.1) is 30.2 Å². The quantitative estimate of drug-likeness (QED) is 0.478. The highest BCUT2D eigenvalue weighted by atomic mass is 32.1. The van der Waals surface area contributed by atoms with E-state index in [-0.39, 0.29) is 24.1 Å². The van der Waals surface area contributed by atoms with E-state index in [4.69, 9.17) is 9.72 Å². The molecular weight excluding hydrogens is 428 g/mol. The lowest BCUT2D eigenvalue weighted by Gasteiger charge is -2.31. The molecule has 1 amide bonds. The second kappa shape index (κ2) is 8.65. The smallest absolute Gasteiger partial charge is 0.297 e. The van der Waals surface area contributed by atoms with Gasteiger partial charge in [0.25, 0.3) is 11.9 Å². The van der Waals surface area contributed by atoms with E-state index in [1.54, 1.807) is 24.8 Å². The van der Waals surface area contributed by atoms with Crippen LogP contribution in [0, 0.1) is 0 Å². The number of nitrogens with zero attached hydrogens (tertiary/aromatic N) is 7. The fraction of sp³-hybridized carbons (Fsp3) is 0.429. The fourth-order valence-corrected chi connectivity index (χ4v) is 4.71. The molecule has 4 aromatic heterocycles. The largest absolute Gasteiger partial charge is 0.462 e. The molecule has 0 spiro atoms. The first-order chi connectivity index (χ1) is 15.6. The zero-order valence-corrected chi connectivity index (χ0v) is 18.7. The van der Waals surface area contributed by atoms with Gasteiger partial charge in [-0.05, 0) is 39.5 Å². The van der Waals surface area contributed by atoms with Crippen LogP contribution in [-0.2, 0) is 0 Å². The van der Waals surface area contributed by atoms with Crippen molar-refractivity contribution in [2.45, 2.75) is 57.7 Å². The Balaban J connectivity index is 1.47. The van der Waals surface area contributed by atoms with Crippen molar-refractivity contribution in [2.75, 3.05) is 0 Å². The van der Waals surface area contributed by atoms with Crippen LogP contribution in [0.2, 0.25) is 0 Å². The molecule has 1 saturated carbocycles. The molecule has 5 rings (SSSR count). The van der Waals surface area contributed by atoms with Crippen LogP contribution in [0.5, 0.6) is 6.01 Å². The van der Waals surface area contributed by atoms with Crippen LogP contribution in [0.4, 0.5) is 0 Å². The summed E-state index contributed by atoms with van der Waals surface area (Å²) in [5, 5.41) is 13.8. The number of imidazole rings is 1. The summed E-state index contributed by atoms with van der Waals surface area (Å²) in [6, 6.07) is 2.69. The van der Waals surface area contributed by atoms with E-state index in [2.05, 4.69) is 30.0 Å². The van der Waals surface area contributed by atoms with Crippen molar-refractivity contribution in [3.63, 3.8) is 0 Å². The molecule has 0 aliphatic heterocycles. The summed E-state index contributed by atoms with van der Waals surface area (Å²) in [6.45, 7) is 3.97. The third kappa shape index (κ3) is 4.07. The van der Waals surface area contributed by atoms with Gasteiger partial charge in [-0.15, -0.1) is 16.1 Å². The number of fused-ring (bicyclic) bond motifs is 1. The summed E-state index contributed by atoms with van der Waals surface area (Å²) in [5.41, 5.74) is 1.67. The standard InChI is InChI=1S/C21H24N8O2S/c1-13(2)31-21-27-16-12-23-18(29-24-6-7-25-29)11-17(16)28(21)15-5-3-4-14(10-15)26-19(30)20-22-8-9-32-20/h6-9,11-15H,3-5,10H2,1-2H3,(H,26,30). The number of pyridine rings is 1. The highest BCUT2D eigenvalue weighted by Crippen LogP contribution is 2.36. The number of ether oxygens (including phenoxy) is 1. The third-order valence-electron chi connectivity index (χ3n) is 5.47. The van der Waals surface area contributed by atoms with Crippen molar-refractivity contribution < 1.29 is 9.53 Å². The minimum absolute atomic E-state index is 0.0187. The van der Waals surface area contributed by atoms with Gasteiger partial charge >= 0.3 is 0 Å². The molecule has 0 bridgehead atoms. The molecule has 4 heterocycles. The minimum Gasteiger partial charge on any atom is -0.462 e. The van der Waals surface area contributed by atoms with E-state index in [1.807, 2.05) is 25.3 Å². The second-order valence-corrected chi connectivity index (χ2v) is 9.00. The topological polar surface area (TPSA) is 113 Å².